The highest BCUT2D eigenvalue weighted by Gasteiger charge is 2.56. The van der Waals surface area contributed by atoms with E-state index in [1.807, 2.05) is 0 Å². The molecule has 0 spiro atoms. The average Bonchev–Trinajstić information content (AvgIpc) is 2.82. The molecule has 1 aromatic carbocycles. The van der Waals surface area contributed by atoms with E-state index in [4.69, 9.17) is 4.74 Å². The molecule has 7 unspecified atom stereocenters. The van der Waals surface area contributed by atoms with Gasteiger partial charge in [0, 0.05) is 0 Å². The molecule has 5 N–H and O–H groups in total. The zero-order valence-electron chi connectivity index (χ0n) is 20.6. The van der Waals surface area contributed by atoms with Gasteiger partial charge in [0.05, 0.1) is 42.1 Å². The van der Waals surface area contributed by atoms with Gasteiger partial charge in [-0.1, -0.05) is 51.1 Å². The second-order valence-electron chi connectivity index (χ2n) is 8.70. The molecule has 1 rings (SSSR count). The molecule has 0 fully saturated rings. The highest BCUT2D eigenvalue weighted by molar-refractivity contribution is 5.92. The van der Waals surface area contributed by atoms with Crippen LogP contribution in [0, 0.1) is 35.5 Å². The van der Waals surface area contributed by atoms with Gasteiger partial charge in [-0.05, 0) is 24.3 Å². The first kappa shape index (κ1) is 31.1. The molecule has 7 atom stereocenters. The third kappa shape index (κ3) is 7.51. The maximum Gasteiger partial charge on any atom is 0.310 e. The van der Waals surface area contributed by atoms with E-state index < -0.39 is 77.2 Å². The van der Waals surface area contributed by atoms with Crippen LogP contribution in [0.3, 0.4) is 0 Å². The van der Waals surface area contributed by atoms with Crippen molar-refractivity contribution in [3.8, 4) is 0 Å². The topological polar surface area (TPSA) is 213 Å². The number of hydrogen-bond donors (Lipinski definition) is 5. The molecular formula is C25H32O12. The number of esters is 1. The molecule has 0 aliphatic carbocycles. The quantitative estimate of drug-likeness (QED) is 0.197. The number of ether oxygens (including phenoxy) is 1. The number of rotatable bonds is 16. The number of carboxylic acids is 5. The van der Waals surface area contributed by atoms with Gasteiger partial charge in [-0.25, -0.2) is 0 Å². The monoisotopic (exact) mass is 524 g/mol. The Kier molecular flexibility index (Phi) is 11.7. The predicted octanol–water partition coefficient (Wildman–Crippen LogP) is 2.27. The van der Waals surface area contributed by atoms with Gasteiger partial charge in [-0.3, -0.25) is 28.8 Å². The second kappa shape index (κ2) is 14.0. The van der Waals surface area contributed by atoms with Crippen molar-refractivity contribution in [3.05, 3.63) is 35.9 Å². The predicted molar refractivity (Wildman–Crippen MR) is 126 cm³/mol. The lowest BCUT2D eigenvalue weighted by atomic mass is 9.64. The molecule has 12 nitrogen and oxygen atoms in total. The van der Waals surface area contributed by atoms with Crippen molar-refractivity contribution in [3.63, 3.8) is 0 Å². The fourth-order valence-electron chi connectivity index (χ4n) is 4.68. The lowest BCUT2D eigenvalue weighted by Gasteiger charge is -2.36. The third-order valence-corrected chi connectivity index (χ3v) is 6.44. The van der Waals surface area contributed by atoms with E-state index in [0.717, 1.165) is 6.92 Å². The van der Waals surface area contributed by atoms with E-state index in [-0.39, 0.29) is 13.0 Å². The number of aliphatic carboxylic acids is 5. The molecular weight excluding hydrogens is 492 g/mol. The largest absolute Gasteiger partial charge is 0.481 e. The maximum atomic E-state index is 13.3. The summed E-state index contributed by atoms with van der Waals surface area (Å²) in [6.45, 7) is 4.06. The van der Waals surface area contributed by atoms with Crippen LogP contribution in [-0.2, 0) is 33.5 Å². The SMILES string of the molecule is CCCOC(=O)C(C(CC)c1ccccc1)C(C(=O)O)C(C(=O)O)C(C(=O)O)C(C(=O)O)C(C)C(=O)O. The molecule has 0 aliphatic heterocycles. The van der Waals surface area contributed by atoms with Crippen LogP contribution in [0.15, 0.2) is 30.3 Å². The highest BCUT2D eigenvalue weighted by Crippen LogP contribution is 2.43. The minimum absolute atomic E-state index is 0.123. The first-order valence-corrected chi connectivity index (χ1v) is 11.7. The molecule has 0 aliphatic rings. The van der Waals surface area contributed by atoms with E-state index in [2.05, 4.69) is 0 Å². The average molecular weight is 525 g/mol. The molecule has 0 saturated carbocycles. The van der Waals surface area contributed by atoms with Crippen molar-refractivity contribution in [1.29, 1.82) is 0 Å². The van der Waals surface area contributed by atoms with Crippen LogP contribution in [0.2, 0.25) is 0 Å². The standard InChI is InChI=1S/C25H32O12/c1-4-11-37-25(36)16(14(5-2)13-9-7-6-8-10-13)18(23(32)33)19(24(34)35)17(22(30)31)15(21(28)29)12(3)20(26)27/h6-10,12,14-19H,4-5,11H2,1-3H3,(H,26,27)(H,28,29)(H,30,31)(H,32,33)(H,34,35). The summed E-state index contributed by atoms with van der Waals surface area (Å²) in [5.74, 6) is -24.8. The van der Waals surface area contributed by atoms with Gasteiger partial charge in [-0.2, -0.15) is 0 Å². The van der Waals surface area contributed by atoms with Crippen LogP contribution in [-0.4, -0.2) is 68.0 Å². The molecule has 0 saturated heterocycles. The zero-order chi connectivity index (χ0) is 28.4. The minimum Gasteiger partial charge on any atom is -0.481 e. The fraction of sp³-hybridized carbons (Fsp3) is 0.520. The van der Waals surface area contributed by atoms with Gasteiger partial charge < -0.3 is 30.3 Å². The van der Waals surface area contributed by atoms with Gasteiger partial charge in [-0.15, -0.1) is 0 Å². The van der Waals surface area contributed by atoms with Crippen LogP contribution < -0.4 is 0 Å². The normalized spacial score (nSPS) is 16.7. The summed E-state index contributed by atoms with van der Waals surface area (Å²) in [5.41, 5.74) is 0.458. The molecule has 0 bridgehead atoms. The van der Waals surface area contributed by atoms with Gasteiger partial charge in [0.2, 0.25) is 0 Å². The molecule has 0 amide bonds. The minimum atomic E-state index is -2.50. The van der Waals surface area contributed by atoms with Crippen LogP contribution >= 0.6 is 0 Å². The second-order valence-corrected chi connectivity index (χ2v) is 8.70. The number of carboxylic acid groups (broad SMARTS) is 5. The molecule has 0 radical (unpaired) electrons. The lowest BCUT2D eigenvalue weighted by molar-refractivity contribution is -0.177. The summed E-state index contributed by atoms with van der Waals surface area (Å²) in [5, 5.41) is 49.3. The molecule has 37 heavy (non-hydrogen) atoms. The molecule has 1 aromatic rings. The van der Waals surface area contributed by atoms with E-state index in [9.17, 15) is 54.3 Å². The van der Waals surface area contributed by atoms with Gasteiger partial charge in [0.15, 0.2) is 0 Å². The first-order chi connectivity index (χ1) is 17.3. The Morgan fingerprint density at radius 2 is 1.11 bits per heavy atom. The van der Waals surface area contributed by atoms with Crippen molar-refractivity contribution in [2.24, 2.45) is 35.5 Å². The van der Waals surface area contributed by atoms with Crippen molar-refractivity contribution in [1.82, 2.24) is 0 Å². The van der Waals surface area contributed by atoms with E-state index in [0.29, 0.717) is 12.0 Å². The first-order valence-electron chi connectivity index (χ1n) is 11.7. The van der Waals surface area contributed by atoms with Crippen LogP contribution in [0.25, 0.3) is 0 Å². The maximum absolute atomic E-state index is 13.3. The summed E-state index contributed by atoms with van der Waals surface area (Å²) < 4.78 is 5.20. The summed E-state index contributed by atoms with van der Waals surface area (Å²) in [6.07, 6.45) is 0.479. The van der Waals surface area contributed by atoms with Crippen molar-refractivity contribution in [2.75, 3.05) is 6.61 Å². The van der Waals surface area contributed by atoms with Crippen LogP contribution in [0.5, 0.6) is 0 Å². The summed E-state index contributed by atoms with van der Waals surface area (Å²) in [6, 6.07) is 8.08. The van der Waals surface area contributed by atoms with Crippen molar-refractivity contribution < 1.29 is 59.0 Å². The van der Waals surface area contributed by atoms with Gasteiger partial charge in [0.25, 0.3) is 0 Å². The summed E-state index contributed by atoms with van der Waals surface area (Å²) in [4.78, 5) is 74.2. The Morgan fingerprint density at radius 3 is 1.49 bits per heavy atom. The van der Waals surface area contributed by atoms with Crippen molar-refractivity contribution >= 4 is 35.8 Å². The number of carbonyl (C=O) groups excluding carboxylic acids is 1. The van der Waals surface area contributed by atoms with Crippen molar-refractivity contribution in [2.45, 2.75) is 39.5 Å². The Hall–Kier alpha value is -3.96. The van der Waals surface area contributed by atoms with Gasteiger partial charge in [0.1, 0.15) is 0 Å². The summed E-state index contributed by atoms with van der Waals surface area (Å²) >= 11 is 0. The molecule has 0 aromatic heterocycles. The van der Waals surface area contributed by atoms with Crippen LogP contribution in [0.4, 0.5) is 0 Å². The zero-order valence-corrected chi connectivity index (χ0v) is 20.6. The smallest absolute Gasteiger partial charge is 0.310 e. The number of carbonyl (C=O) groups is 6. The van der Waals surface area contributed by atoms with Crippen LogP contribution in [0.1, 0.15) is 45.1 Å². The number of hydrogen-bond acceptors (Lipinski definition) is 7. The Morgan fingerprint density at radius 1 is 0.676 bits per heavy atom. The summed E-state index contributed by atoms with van der Waals surface area (Å²) in [7, 11) is 0. The third-order valence-electron chi connectivity index (χ3n) is 6.44. The van der Waals surface area contributed by atoms with E-state index >= 15 is 0 Å². The Balaban J connectivity index is 3.94. The molecule has 12 heteroatoms. The number of benzene rings is 1. The van der Waals surface area contributed by atoms with Gasteiger partial charge >= 0.3 is 35.8 Å². The van der Waals surface area contributed by atoms with E-state index in [1.165, 1.54) is 0 Å². The highest BCUT2D eigenvalue weighted by atomic mass is 16.5. The van der Waals surface area contributed by atoms with E-state index in [1.54, 1.807) is 44.2 Å². The Bertz CT molecular complexity index is 989. The molecule has 204 valence electrons. The molecule has 0 heterocycles. The fourth-order valence-corrected chi connectivity index (χ4v) is 4.68. The lowest BCUT2D eigenvalue weighted by Crippen LogP contribution is -2.51. The Labute approximate surface area is 212 Å².